The van der Waals surface area contributed by atoms with Gasteiger partial charge < -0.3 is 5.32 Å². The van der Waals surface area contributed by atoms with E-state index in [4.69, 9.17) is 23.2 Å². The number of fused-ring (bicyclic) bond motifs is 1. The molecule has 0 saturated heterocycles. The molecule has 3 aromatic carbocycles. The molecule has 0 fully saturated rings. The quantitative estimate of drug-likeness (QED) is 0.428. The van der Waals surface area contributed by atoms with Crippen molar-refractivity contribution in [2.45, 2.75) is 37.5 Å². The van der Waals surface area contributed by atoms with Crippen molar-refractivity contribution in [1.29, 1.82) is 0 Å². The van der Waals surface area contributed by atoms with E-state index in [1.54, 1.807) is 6.07 Å². The van der Waals surface area contributed by atoms with Gasteiger partial charge in [0.05, 0.1) is 15.6 Å². The van der Waals surface area contributed by atoms with E-state index in [-0.39, 0.29) is 12.0 Å². The predicted octanol–water partition coefficient (Wildman–Crippen LogP) is 7.77. The van der Waals surface area contributed by atoms with Gasteiger partial charge in [-0.3, -0.25) is 0 Å². The van der Waals surface area contributed by atoms with Crippen LogP contribution in [-0.4, -0.2) is 0 Å². The molecule has 0 spiro atoms. The summed E-state index contributed by atoms with van der Waals surface area (Å²) < 4.78 is 38.9. The summed E-state index contributed by atoms with van der Waals surface area (Å²) in [6.45, 7) is 0.375. The van der Waals surface area contributed by atoms with Gasteiger partial charge in [0.1, 0.15) is 0 Å². The third-order valence-electron chi connectivity index (χ3n) is 5.64. The molecule has 3 aromatic rings. The van der Waals surface area contributed by atoms with Crippen molar-refractivity contribution in [3.8, 4) is 0 Å². The van der Waals surface area contributed by atoms with Crippen molar-refractivity contribution in [2.75, 3.05) is 0 Å². The van der Waals surface area contributed by atoms with Crippen LogP contribution >= 0.6 is 23.2 Å². The SMILES string of the molecule is FC(F)(F)c1cccc(CN[C@@H]2CC[C@@H](c3ccc(Cl)c(Cl)c3)c3ccccc32)c1. The number of hydrogen-bond donors (Lipinski definition) is 1. The summed E-state index contributed by atoms with van der Waals surface area (Å²) in [4.78, 5) is 0. The maximum Gasteiger partial charge on any atom is 0.416 e. The summed E-state index contributed by atoms with van der Waals surface area (Å²) in [5.74, 6) is 0.211. The second-order valence-corrected chi connectivity index (χ2v) is 8.38. The van der Waals surface area contributed by atoms with Crippen LogP contribution in [-0.2, 0) is 12.7 Å². The van der Waals surface area contributed by atoms with Gasteiger partial charge in [0.15, 0.2) is 0 Å². The van der Waals surface area contributed by atoms with Crippen LogP contribution in [0.3, 0.4) is 0 Å². The predicted molar refractivity (Wildman–Crippen MR) is 115 cm³/mol. The third-order valence-corrected chi connectivity index (χ3v) is 6.38. The fourth-order valence-electron chi connectivity index (χ4n) is 4.18. The van der Waals surface area contributed by atoms with E-state index in [0.717, 1.165) is 24.5 Å². The molecule has 156 valence electrons. The molecule has 0 unspecified atom stereocenters. The molecule has 0 radical (unpaired) electrons. The molecule has 0 saturated carbocycles. The zero-order valence-electron chi connectivity index (χ0n) is 16.0. The van der Waals surface area contributed by atoms with Crippen molar-refractivity contribution >= 4 is 23.2 Å². The van der Waals surface area contributed by atoms with Crippen LogP contribution in [0.25, 0.3) is 0 Å². The summed E-state index contributed by atoms with van der Waals surface area (Å²) in [5.41, 5.74) is 3.50. The Morgan fingerprint density at radius 2 is 1.60 bits per heavy atom. The summed E-state index contributed by atoms with van der Waals surface area (Å²) in [6.07, 6.45) is -2.54. The monoisotopic (exact) mass is 449 g/mol. The summed E-state index contributed by atoms with van der Waals surface area (Å²) in [7, 11) is 0. The Labute approximate surface area is 183 Å². The Morgan fingerprint density at radius 3 is 2.33 bits per heavy atom. The van der Waals surface area contributed by atoms with Crippen LogP contribution in [0.15, 0.2) is 66.7 Å². The highest BCUT2D eigenvalue weighted by molar-refractivity contribution is 6.42. The smallest absolute Gasteiger partial charge is 0.306 e. The molecule has 0 heterocycles. The van der Waals surface area contributed by atoms with Crippen LogP contribution in [0.2, 0.25) is 10.0 Å². The van der Waals surface area contributed by atoms with Gasteiger partial charge >= 0.3 is 6.18 Å². The fraction of sp³-hybridized carbons (Fsp3) is 0.250. The molecule has 0 aromatic heterocycles. The third kappa shape index (κ3) is 4.51. The molecular weight excluding hydrogens is 430 g/mol. The van der Waals surface area contributed by atoms with Crippen molar-refractivity contribution in [3.63, 3.8) is 0 Å². The molecule has 0 bridgehead atoms. The zero-order chi connectivity index (χ0) is 21.3. The second kappa shape index (κ2) is 8.62. The van der Waals surface area contributed by atoms with E-state index in [9.17, 15) is 13.2 Å². The maximum atomic E-state index is 13.0. The van der Waals surface area contributed by atoms with E-state index in [1.807, 2.05) is 30.3 Å². The summed E-state index contributed by atoms with van der Waals surface area (Å²) >= 11 is 12.3. The first-order valence-electron chi connectivity index (χ1n) is 9.76. The molecule has 1 nitrogen and oxygen atoms in total. The first kappa shape index (κ1) is 21.2. The number of halogens is 5. The molecular formula is C24H20Cl2F3N. The summed E-state index contributed by atoms with van der Waals surface area (Å²) in [6, 6.07) is 19.5. The second-order valence-electron chi connectivity index (χ2n) is 7.56. The van der Waals surface area contributed by atoms with Crippen molar-refractivity contribution < 1.29 is 13.2 Å². The molecule has 30 heavy (non-hydrogen) atoms. The van der Waals surface area contributed by atoms with E-state index in [0.29, 0.717) is 22.2 Å². The molecule has 1 aliphatic carbocycles. The fourth-order valence-corrected chi connectivity index (χ4v) is 4.48. The average molecular weight is 450 g/mol. The van der Waals surface area contributed by atoms with Crippen LogP contribution in [0, 0.1) is 0 Å². The lowest BCUT2D eigenvalue weighted by Gasteiger charge is -2.33. The highest BCUT2D eigenvalue weighted by Gasteiger charge is 2.31. The number of nitrogens with one attached hydrogen (secondary N) is 1. The lowest BCUT2D eigenvalue weighted by molar-refractivity contribution is -0.137. The van der Waals surface area contributed by atoms with Gasteiger partial charge in [0.25, 0.3) is 0 Å². The molecule has 4 rings (SSSR count). The van der Waals surface area contributed by atoms with Gasteiger partial charge in [0.2, 0.25) is 0 Å². The molecule has 1 N–H and O–H groups in total. The number of benzene rings is 3. The molecule has 0 aliphatic heterocycles. The summed E-state index contributed by atoms with van der Waals surface area (Å²) in [5, 5.41) is 4.52. The average Bonchev–Trinajstić information content (AvgIpc) is 2.73. The molecule has 0 amide bonds. The van der Waals surface area contributed by atoms with Gasteiger partial charge in [-0.25, -0.2) is 0 Å². The topological polar surface area (TPSA) is 12.0 Å². The lowest BCUT2D eigenvalue weighted by atomic mass is 9.76. The minimum atomic E-state index is -4.33. The van der Waals surface area contributed by atoms with Gasteiger partial charge in [-0.15, -0.1) is 0 Å². The van der Waals surface area contributed by atoms with Gasteiger partial charge in [-0.05, 0) is 53.3 Å². The van der Waals surface area contributed by atoms with Crippen LogP contribution in [0.1, 0.15) is 52.6 Å². The Bertz CT molecular complexity index is 1050. The van der Waals surface area contributed by atoms with Crippen LogP contribution in [0.4, 0.5) is 13.2 Å². The standard InChI is InChI=1S/C24H20Cl2F3N/c25-21-10-8-16(13-22(21)26)18-9-11-23(20-7-2-1-6-19(18)20)30-14-15-4-3-5-17(12-15)24(27,28)29/h1-8,10,12-13,18,23,30H,9,11,14H2/t18-,23+/m0/s1. The first-order chi connectivity index (χ1) is 14.3. The highest BCUT2D eigenvalue weighted by Crippen LogP contribution is 2.42. The number of rotatable bonds is 4. The Kier molecular flexibility index (Phi) is 6.10. The normalized spacial score (nSPS) is 18.8. The van der Waals surface area contributed by atoms with Gasteiger partial charge in [-0.2, -0.15) is 13.2 Å². The number of hydrogen-bond acceptors (Lipinski definition) is 1. The minimum Gasteiger partial charge on any atom is -0.306 e. The zero-order valence-corrected chi connectivity index (χ0v) is 17.5. The van der Waals surface area contributed by atoms with E-state index in [2.05, 4.69) is 17.4 Å². The largest absolute Gasteiger partial charge is 0.416 e. The van der Waals surface area contributed by atoms with E-state index in [1.165, 1.54) is 23.3 Å². The minimum absolute atomic E-state index is 0.0785. The van der Waals surface area contributed by atoms with Crippen LogP contribution in [0.5, 0.6) is 0 Å². The Hall–Kier alpha value is -2.01. The van der Waals surface area contributed by atoms with Gasteiger partial charge in [0, 0.05) is 18.5 Å². The first-order valence-corrected chi connectivity index (χ1v) is 10.5. The van der Waals surface area contributed by atoms with Crippen molar-refractivity contribution in [2.24, 2.45) is 0 Å². The van der Waals surface area contributed by atoms with E-state index >= 15 is 0 Å². The van der Waals surface area contributed by atoms with Crippen molar-refractivity contribution in [3.05, 3.63) is 105 Å². The van der Waals surface area contributed by atoms with Gasteiger partial charge in [-0.1, -0.05) is 71.7 Å². The maximum absolute atomic E-state index is 13.0. The molecule has 1 aliphatic rings. The highest BCUT2D eigenvalue weighted by atomic mass is 35.5. The molecule has 2 atom stereocenters. The van der Waals surface area contributed by atoms with Crippen LogP contribution < -0.4 is 5.32 Å². The number of alkyl halides is 3. The van der Waals surface area contributed by atoms with E-state index < -0.39 is 11.7 Å². The lowest BCUT2D eigenvalue weighted by Crippen LogP contribution is -2.27. The Balaban J connectivity index is 1.55. The molecule has 6 heteroatoms. The van der Waals surface area contributed by atoms with Crippen molar-refractivity contribution in [1.82, 2.24) is 5.32 Å². The Morgan fingerprint density at radius 1 is 0.833 bits per heavy atom.